The number of rotatable bonds is 3. The van der Waals surface area contributed by atoms with E-state index in [1.807, 2.05) is 31.2 Å². The number of hydrogen-bond acceptors (Lipinski definition) is 3. The fraction of sp³-hybridized carbons (Fsp3) is 0.167. The second-order valence-corrected chi connectivity index (χ2v) is 5.06. The molecule has 0 atom stereocenters. The number of H-pyrrole nitrogens is 1. The van der Waals surface area contributed by atoms with Gasteiger partial charge in [-0.2, -0.15) is 0 Å². The summed E-state index contributed by atoms with van der Waals surface area (Å²) in [5.41, 5.74) is 0.620. The van der Waals surface area contributed by atoms with Crippen molar-refractivity contribution in [2.24, 2.45) is 0 Å². The maximum Gasteiger partial charge on any atom is 0.251 e. The van der Waals surface area contributed by atoms with Gasteiger partial charge >= 0.3 is 0 Å². The summed E-state index contributed by atoms with van der Waals surface area (Å²) in [6.45, 7) is 1.81. The molecule has 0 aliphatic rings. The molecule has 88 valence electrons. The van der Waals surface area contributed by atoms with Crippen molar-refractivity contribution < 1.29 is 0 Å². The smallest absolute Gasteiger partial charge is 0.251 e. The summed E-state index contributed by atoms with van der Waals surface area (Å²) in [5, 5.41) is 0.709. The average molecular weight is 267 g/mol. The van der Waals surface area contributed by atoms with E-state index in [1.54, 1.807) is 11.8 Å². The van der Waals surface area contributed by atoms with Gasteiger partial charge in [-0.1, -0.05) is 17.7 Å². The lowest BCUT2D eigenvalue weighted by Crippen LogP contribution is -2.10. The monoisotopic (exact) mass is 266 g/mol. The summed E-state index contributed by atoms with van der Waals surface area (Å²) < 4.78 is 0. The van der Waals surface area contributed by atoms with Crippen LogP contribution in [-0.2, 0) is 5.75 Å². The lowest BCUT2D eigenvalue weighted by molar-refractivity contribution is 0.968. The molecule has 0 radical (unpaired) electrons. The van der Waals surface area contributed by atoms with Gasteiger partial charge in [0.1, 0.15) is 5.82 Å². The van der Waals surface area contributed by atoms with E-state index in [1.165, 1.54) is 6.07 Å². The van der Waals surface area contributed by atoms with Crippen molar-refractivity contribution in [3.8, 4) is 0 Å². The van der Waals surface area contributed by atoms with Gasteiger partial charge in [0, 0.05) is 21.7 Å². The van der Waals surface area contributed by atoms with Crippen LogP contribution in [0.2, 0.25) is 5.02 Å². The zero-order valence-electron chi connectivity index (χ0n) is 9.24. The van der Waals surface area contributed by atoms with Gasteiger partial charge in [-0.25, -0.2) is 4.98 Å². The molecule has 5 heteroatoms. The Labute approximate surface area is 108 Å². The van der Waals surface area contributed by atoms with E-state index < -0.39 is 0 Å². The minimum atomic E-state index is -0.112. The number of aromatic nitrogens is 2. The van der Waals surface area contributed by atoms with Crippen LogP contribution in [0.5, 0.6) is 0 Å². The van der Waals surface area contributed by atoms with Gasteiger partial charge in [-0.15, -0.1) is 11.8 Å². The minimum absolute atomic E-state index is 0.112. The molecule has 0 unspecified atom stereocenters. The average Bonchev–Trinajstić information content (AvgIpc) is 2.25. The second-order valence-electron chi connectivity index (χ2n) is 3.58. The Kier molecular flexibility index (Phi) is 3.86. The molecular formula is C12H11ClN2OS. The van der Waals surface area contributed by atoms with Crippen molar-refractivity contribution in [1.82, 2.24) is 9.97 Å². The highest BCUT2D eigenvalue weighted by atomic mass is 35.5. The van der Waals surface area contributed by atoms with E-state index in [0.29, 0.717) is 16.6 Å². The maximum absolute atomic E-state index is 11.3. The van der Waals surface area contributed by atoms with Crippen LogP contribution in [0, 0.1) is 6.92 Å². The highest BCUT2D eigenvalue weighted by Gasteiger charge is 2.00. The van der Waals surface area contributed by atoms with Crippen LogP contribution in [0.3, 0.4) is 0 Å². The summed E-state index contributed by atoms with van der Waals surface area (Å²) in [7, 11) is 0. The number of halogens is 1. The summed E-state index contributed by atoms with van der Waals surface area (Å²) in [6, 6.07) is 9.08. The van der Waals surface area contributed by atoms with Gasteiger partial charge in [0.05, 0.1) is 5.75 Å². The van der Waals surface area contributed by atoms with Gasteiger partial charge in [0.25, 0.3) is 5.56 Å². The maximum atomic E-state index is 11.3. The summed E-state index contributed by atoms with van der Waals surface area (Å²) in [6.07, 6.45) is 0. The van der Waals surface area contributed by atoms with Crippen LogP contribution >= 0.6 is 23.4 Å². The van der Waals surface area contributed by atoms with Crippen LogP contribution in [0.25, 0.3) is 0 Å². The Morgan fingerprint density at radius 1 is 1.41 bits per heavy atom. The lowest BCUT2D eigenvalue weighted by atomic mass is 10.4. The molecule has 1 aromatic carbocycles. The highest BCUT2D eigenvalue weighted by molar-refractivity contribution is 7.98. The molecule has 17 heavy (non-hydrogen) atoms. The summed E-state index contributed by atoms with van der Waals surface area (Å²) in [4.78, 5) is 19.3. The highest BCUT2D eigenvalue weighted by Crippen LogP contribution is 2.23. The second kappa shape index (κ2) is 5.38. The first-order valence-corrected chi connectivity index (χ1v) is 6.45. The van der Waals surface area contributed by atoms with Crippen LogP contribution in [0.15, 0.2) is 40.0 Å². The van der Waals surface area contributed by atoms with Gasteiger partial charge in [-0.05, 0) is 25.1 Å². The van der Waals surface area contributed by atoms with E-state index >= 15 is 0 Å². The molecule has 0 aliphatic heterocycles. The molecule has 2 aromatic rings. The number of nitrogens with zero attached hydrogens (tertiary/aromatic N) is 1. The molecule has 1 heterocycles. The van der Waals surface area contributed by atoms with E-state index in [9.17, 15) is 4.79 Å². The van der Waals surface area contributed by atoms with Crippen LogP contribution in [0.1, 0.15) is 11.5 Å². The molecule has 1 N–H and O–H groups in total. The molecule has 2 rings (SSSR count). The van der Waals surface area contributed by atoms with Crippen molar-refractivity contribution in [3.05, 3.63) is 57.2 Å². The Morgan fingerprint density at radius 2 is 2.24 bits per heavy atom. The van der Waals surface area contributed by atoms with Crippen LogP contribution in [-0.4, -0.2) is 9.97 Å². The fourth-order valence-electron chi connectivity index (χ4n) is 1.42. The Morgan fingerprint density at radius 3 is 2.94 bits per heavy atom. The third-order valence-corrected chi connectivity index (χ3v) is 3.33. The summed E-state index contributed by atoms with van der Waals surface area (Å²) >= 11 is 7.48. The fourth-order valence-corrected chi connectivity index (χ4v) is 2.50. The molecule has 0 aliphatic carbocycles. The molecule has 0 saturated carbocycles. The van der Waals surface area contributed by atoms with E-state index in [2.05, 4.69) is 9.97 Å². The molecular weight excluding hydrogens is 256 g/mol. The molecule has 0 bridgehead atoms. The van der Waals surface area contributed by atoms with Crippen LogP contribution in [0.4, 0.5) is 0 Å². The molecule has 1 aromatic heterocycles. The third-order valence-electron chi connectivity index (χ3n) is 2.09. The zero-order valence-corrected chi connectivity index (χ0v) is 10.8. The van der Waals surface area contributed by atoms with Crippen LogP contribution < -0.4 is 5.56 Å². The van der Waals surface area contributed by atoms with Crippen molar-refractivity contribution in [1.29, 1.82) is 0 Å². The quantitative estimate of drug-likeness (QED) is 0.869. The SMILES string of the molecule is Cc1cc(=O)[nH]c(CSc2cccc(Cl)c2)n1. The predicted molar refractivity (Wildman–Crippen MR) is 70.6 cm³/mol. The normalized spacial score (nSPS) is 10.5. The van der Waals surface area contributed by atoms with Gasteiger partial charge in [0.15, 0.2) is 0 Å². The first-order valence-electron chi connectivity index (χ1n) is 5.09. The van der Waals surface area contributed by atoms with Crippen molar-refractivity contribution >= 4 is 23.4 Å². The molecule has 0 amide bonds. The number of aryl methyl sites for hydroxylation is 1. The first kappa shape index (κ1) is 12.2. The van der Waals surface area contributed by atoms with E-state index in [-0.39, 0.29) is 5.56 Å². The van der Waals surface area contributed by atoms with Crippen molar-refractivity contribution in [2.75, 3.05) is 0 Å². The predicted octanol–water partition coefficient (Wildman–Crippen LogP) is 3.02. The summed E-state index contributed by atoms with van der Waals surface area (Å²) in [5.74, 6) is 1.30. The van der Waals surface area contributed by atoms with E-state index in [4.69, 9.17) is 11.6 Å². The molecule has 3 nitrogen and oxygen atoms in total. The molecule has 0 saturated heterocycles. The number of aromatic amines is 1. The number of hydrogen-bond donors (Lipinski definition) is 1. The Hall–Kier alpha value is -1.26. The number of nitrogens with one attached hydrogen (secondary N) is 1. The van der Waals surface area contributed by atoms with Gasteiger partial charge in [-0.3, -0.25) is 4.79 Å². The van der Waals surface area contributed by atoms with Crippen molar-refractivity contribution in [2.45, 2.75) is 17.6 Å². The van der Waals surface area contributed by atoms with Crippen molar-refractivity contribution in [3.63, 3.8) is 0 Å². The number of benzene rings is 1. The van der Waals surface area contributed by atoms with Gasteiger partial charge in [0.2, 0.25) is 0 Å². The van der Waals surface area contributed by atoms with Gasteiger partial charge < -0.3 is 4.98 Å². The standard InChI is InChI=1S/C12H11ClN2OS/c1-8-5-12(16)15-11(14-8)7-17-10-4-2-3-9(13)6-10/h2-6H,7H2,1H3,(H,14,15,16). The third kappa shape index (κ3) is 3.61. The topological polar surface area (TPSA) is 45.8 Å². The molecule has 0 spiro atoms. The number of thioether (sulfide) groups is 1. The minimum Gasteiger partial charge on any atom is -0.310 e. The lowest BCUT2D eigenvalue weighted by Gasteiger charge is -2.02. The Balaban J connectivity index is 2.09. The zero-order chi connectivity index (χ0) is 12.3. The Bertz CT molecular complexity index is 583. The largest absolute Gasteiger partial charge is 0.310 e. The molecule has 0 fully saturated rings. The van der Waals surface area contributed by atoms with E-state index in [0.717, 1.165) is 10.6 Å². The first-order chi connectivity index (χ1) is 8.13.